The molecule has 1 aliphatic rings. The summed E-state index contributed by atoms with van der Waals surface area (Å²) in [5, 5.41) is 14.7. The van der Waals surface area contributed by atoms with E-state index in [1.165, 1.54) is 11.1 Å². The second kappa shape index (κ2) is 4.21. The molecule has 3 rings (SSSR count). The van der Waals surface area contributed by atoms with Crippen molar-refractivity contribution in [2.24, 2.45) is 5.16 Å². The van der Waals surface area contributed by atoms with Gasteiger partial charge >= 0.3 is 0 Å². The fourth-order valence-corrected chi connectivity index (χ4v) is 4.44. The zero-order chi connectivity index (χ0) is 12.8. The van der Waals surface area contributed by atoms with Gasteiger partial charge in [0.25, 0.3) is 0 Å². The predicted octanol–water partition coefficient (Wildman–Crippen LogP) is 4.40. The van der Waals surface area contributed by atoms with Gasteiger partial charge < -0.3 is 5.21 Å². The van der Waals surface area contributed by atoms with Gasteiger partial charge in [-0.1, -0.05) is 46.2 Å². The van der Waals surface area contributed by atoms with Gasteiger partial charge in [-0.05, 0) is 28.6 Å². The largest absolute Gasteiger partial charge is 0.411 e. The second-order valence-corrected chi connectivity index (χ2v) is 6.47. The summed E-state index contributed by atoms with van der Waals surface area (Å²) in [6.45, 7) is 2.21. The van der Waals surface area contributed by atoms with Crippen molar-refractivity contribution in [3.8, 4) is 0 Å². The molecule has 0 amide bonds. The summed E-state index contributed by atoms with van der Waals surface area (Å²) in [6, 6.07) is 10.4. The molecule has 1 N–H and O–H groups in total. The summed E-state index contributed by atoms with van der Waals surface area (Å²) in [5.41, 5.74) is 3.17. The van der Waals surface area contributed by atoms with Crippen LogP contribution in [-0.2, 0) is 5.41 Å². The number of rotatable bonds is 1. The minimum absolute atomic E-state index is 0.114. The molecule has 0 saturated heterocycles. The molecule has 0 aliphatic heterocycles. The van der Waals surface area contributed by atoms with Gasteiger partial charge in [0.1, 0.15) is 0 Å². The van der Waals surface area contributed by atoms with E-state index in [9.17, 15) is 0 Å². The Hall–Kier alpha value is -1.13. The van der Waals surface area contributed by atoms with E-state index in [4.69, 9.17) is 5.21 Å². The summed E-state index contributed by atoms with van der Waals surface area (Å²) in [7, 11) is 0. The number of oxime groups is 1. The average molecular weight is 322 g/mol. The molecular formula is C14H12BrNOS. The Labute approximate surface area is 118 Å². The number of halogens is 1. The monoisotopic (exact) mass is 321 g/mol. The quantitative estimate of drug-likeness (QED) is 0.613. The van der Waals surface area contributed by atoms with Crippen LogP contribution in [0.15, 0.2) is 45.3 Å². The van der Waals surface area contributed by atoms with Crippen molar-refractivity contribution in [1.82, 2.24) is 0 Å². The standard InChI is InChI=1S/C14H12BrNOS/c1-14(9-4-2-3-5-11(9)15)8-12(16-17)13-10(14)6-7-18-13/h2-7,17H,8H2,1H3. The highest BCUT2D eigenvalue weighted by atomic mass is 79.9. The van der Waals surface area contributed by atoms with Crippen LogP contribution in [0.3, 0.4) is 0 Å². The van der Waals surface area contributed by atoms with Crippen LogP contribution in [-0.4, -0.2) is 10.9 Å². The van der Waals surface area contributed by atoms with Crippen LogP contribution in [0.5, 0.6) is 0 Å². The molecule has 1 heterocycles. The van der Waals surface area contributed by atoms with E-state index in [0.717, 1.165) is 21.5 Å². The minimum atomic E-state index is -0.114. The number of benzene rings is 1. The van der Waals surface area contributed by atoms with Gasteiger partial charge in [0, 0.05) is 16.3 Å². The molecule has 1 aromatic carbocycles. The van der Waals surface area contributed by atoms with E-state index in [-0.39, 0.29) is 5.41 Å². The zero-order valence-electron chi connectivity index (χ0n) is 9.85. The smallest absolute Gasteiger partial charge is 0.0982 e. The summed E-state index contributed by atoms with van der Waals surface area (Å²) >= 11 is 5.27. The van der Waals surface area contributed by atoms with Gasteiger partial charge in [-0.25, -0.2) is 0 Å². The molecule has 1 atom stereocenters. The maximum atomic E-state index is 9.16. The molecule has 1 unspecified atom stereocenters. The summed E-state index contributed by atoms with van der Waals surface area (Å²) in [5.74, 6) is 0. The predicted molar refractivity (Wildman–Crippen MR) is 77.9 cm³/mol. The Morgan fingerprint density at radius 2 is 2.06 bits per heavy atom. The maximum absolute atomic E-state index is 9.16. The van der Waals surface area contributed by atoms with Gasteiger partial charge in [0.15, 0.2) is 0 Å². The van der Waals surface area contributed by atoms with Crippen molar-refractivity contribution >= 4 is 33.0 Å². The number of hydrogen-bond donors (Lipinski definition) is 1. The molecule has 2 nitrogen and oxygen atoms in total. The van der Waals surface area contributed by atoms with Gasteiger partial charge in [-0.3, -0.25) is 0 Å². The van der Waals surface area contributed by atoms with E-state index >= 15 is 0 Å². The van der Waals surface area contributed by atoms with Gasteiger partial charge in [-0.2, -0.15) is 0 Å². The molecule has 0 spiro atoms. The lowest BCUT2D eigenvalue weighted by molar-refractivity contribution is 0.317. The van der Waals surface area contributed by atoms with Crippen LogP contribution in [0.2, 0.25) is 0 Å². The minimum Gasteiger partial charge on any atom is -0.411 e. The number of thiophene rings is 1. The molecule has 4 heteroatoms. The average Bonchev–Trinajstić information content (AvgIpc) is 2.94. The van der Waals surface area contributed by atoms with Crippen LogP contribution < -0.4 is 0 Å². The molecule has 18 heavy (non-hydrogen) atoms. The first-order valence-corrected chi connectivity index (χ1v) is 7.38. The van der Waals surface area contributed by atoms with Crippen molar-refractivity contribution in [2.45, 2.75) is 18.8 Å². The van der Waals surface area contributed by atoms with Gasteiger partial charge in [0.2, 0.25) is 0 Å². The van der Waals surface area contributed by atoms with E-state index in [2.05, 4.69) is 51.6 Å². The molecule has 1 aromatic heterocycles. The van der Waals surface area contributed by atoms with Crippen LogP contribution in [0.4, 0.5) is 0 Å². The molecule has 92 valence electrons. The van der Waals surface area contributed by atoms with E-state index in [1.54, 1.807) is 11.3 Å². The highest BCUT2D eigenvalue weighted by molar-refractivity contribution is 9.10. The first-order chi connectivity index (χ1) is 8.66. The Balaban J connectivity index is 2.22. The Kier molecular flexibility index (Phi) is 2.79. The molecule has 0 radical (unpaired) electrons. The summed E-state index contributed by atoms with van der Waals surface area (Å²) in [4.78, 5) is 1.11. The highest BCUT2D eigenvalue weighted by Crippen LogP contribution is 2.47. The summed E-state index contributed by atoms with van der Waals surface area (Å²) in [6.07, 6.45) is 0.744. The van der Waals surface area contributed by atoms with Crippen LogP contribution in [0.1, 0.15) is 29.3 Å². The van der Waals surface area contributed by atoms with Crippen molar-refractivity contribution < 1.29 is 5.21 Å². The number of fused-ring (bicyclic) bond motifs is 1. The van der Waals surface area contributed by atoms with E-state index in [0.29, 0.717) is 0 Å². The topological polar surface area (TPSA) is 32.6 Å². The molecule has 0 saturated carbocycles. The highest BCUT2D eigenvalue weighted by Gasteiger charge is 2.41. The van der Waals surface area contributed by atoms with Gasteiger partial charge in [0.05, 0.1) is 10.6 Å². The zero-order valence-corrected chi connectivity index (χ0v) is 12.3. The molecule has 0 bridgehead atoms. The Morgan fingerprint density at radius 3 is 2.78 bits per heavy atom. The Bertz CT molecular complexity index is 634. The van der Waals surface area contributed by atoms with Crippen molar-refractivity contribution in [1.29, 1.82) is 0 Å². The lowest BCUT2D eigenvalue weighted by atomic mass is 9.78. The third kappa shape index (κ3) is 1.56. The molecular weight excluding hydrogens is 310 g/mol. The third-order valence-electron chi connectivity index (χ3n) is 3.63. The van der Waals surface area contributed by atoms with E-state index < -0.39 is 0 Å². The Morgan fingerprint density at radius 1 is 1.28 bits per heavy atom. The van der Waals surface area contributed by atoms with Crippen molar-refractivity contribution in [3.63, 3.8) is 0 Å². The second-order valence-electron chi connectivity index (χ2n) is 4.70. The van der Waals surface area contributed by atoms with Crippen molar-refractivity contribution in [3.05, 3.63) is 56.2 Å². The first-order valence-electron chi connectivity index (χ1n) is 5.71. The van der Waals surface area contributed by atoms with E-state index in [1.807, 2.05) is 12.1 Å². The molecule has 1 aliphatic carbocycles. The number of nitrogens with zero attached hydrogens (tertiary/aromatic N) is 1. The maximum Gasteiger partial charge on any atom is 0.0982 e. The fraction of sp³-hybridized carbons (Fsp3) is 0.214. The fourth-order valence-electron chi connectivity index (χ4n) is 2.71. The SMILES string of the molecule is CC1(c2ccccc2Br)CC(=NO)c2sccc21. The van der Waals surface area contributed by atoms with Crippen LogP contribution >= 0.6 is 27.3 Å². The van der Waals surface area contributed by atoms with Gasteiger partial charge in [-0.15, -0.1) is 11.3 Å². The third-order valence-corrected chi connectivity index (χ3v) is 5.29. The normalized spacial score (nSPS) is 24.4. The lowest BCUT2D eigenvalue weighted by Gasteiger charge is -2.26. The molecule has 2 aromatic rings. The first kappa shape index (κ1) is 11.9. The molecule has 0 fully saturated rings. The van der Waals surface area contributed by atoms with Crippen LogP contribution in [0, 0.1) is 0 Å². The van der Waals surface area contributed by atoms with Crippen molar-refractivity contribution in [2.75, 3.05) is 0 Å². The number of hydrogen-bond acceptors (Lipinski definition) is 3. The lowest BCUT2D eigenvalue weighted by Crippen LogP contribution is -2.21. The van der Waals surface area contributed by atoms with Crippen LogP contribution in [0.25, 0.3) is 0 Å². The summed E-state index contributed by atoms with van der Waals surface area (Å²) < 4.78 is 1.10.